The van der Waals surface area contributed by atoms with E-state index in [1.54, 1.807) is 30.3 Å². The Kier molecular flexibility index (Phi) is 8.05. The predicted octanol–water partition coefficient (Wildman–Crippen LogP) is 6.93. The number of aryl methyl sites for hydroxylation is 2. The molecule has 0 bridgehead atoms. The number of carbonyl (C=O) groups excluding carboxylic acids is 2. The Balaban J connectivity index is 1.73. The summed E-state index contributed by atoms with van der Waals surface area (Å²) in [4.78, 5) is 28.3. The number of nitriles is 1. The molecule has 2 amide bonds. The Morgan fingerprint density at radius 3 is 2.25 bits per heavy atom. The summed E-state index contributed by atoms with van der Waals surface area (Å²) in [6, 6.07) is 22.0. The van der Waals surface area contributed by atoms with Crippen LogP contribution < -0.4 is 10.2 Å². The second kappa shape index (κ2) is 11.2. The second-order valence-electron chi connectivity index (χ2n) is 8.39. The van der Waals surface area contributed by atoms with Crippen molar-refractivity contribution in [3.05, 3.63) is 104 Å². The number of carbonyl (C=O) groups is 2. The molecule has 0 aromatic heterocycles. The first-order chi connectivity index (χ1) is 17.3. The number of nitrogens with one attached hydrogen (secondary N) is 1. The molecule has 0 radical (unpaired) electrons. The molecule has 3 aromatic carbocycles. The van der Waals surface area contributed by atoms with Gasteiger partial charge in [-0.1, -0.05) is 71.7 Å². The number of hydrogen-bond donors (Lipinski definition) is 1. The number of halogens is 2. The van der Waals surface area contributed by atoms with E-state index in [0.29, 0.717) is 32.9 Å². The maximum atomic E-state index is 13.6. The third-order valence-electron chi connectivity index (χ3n) is 5.76. The summed E-state index contributed by atoms with van der Waals surface area (Å²) in [5.41, 5.74) is 4.00. The molecule has 3 aromatic rings. The molecule has 1 heterocycles. The molecule has 0 spiro atoms. The van der Waals surface area contributed by atoms with Gasteiger partial charge in [-0.2, -0.15) is 5.26 Å². The van der Waals surface area contributed by atoms with Crippen LogP contribution in [0.5, 0.6) is 0 Å². The van der Waals surface area contributed by atoms with Crippen LogP contribution in [-0.2, 0) is 22.4 Å². The van der Waals surface area contributed by atoms with Crippen LogP contribution in [0.2, 0.25) is 10.0 Å². The third-order valence-corrected chi connectivity index (χ3v) is 7.46. The van der Waals surface area contributed by atoms with Crippen molar-refractivity contribution in [2.24, 2.45) is 0 Å². The molecule has 4 rings (SSSR count). The van der Waals surface area contributed by atoms with Crippen molar-refractivity contribution < 1.29 is 9.59 Å². The van der Waals surface area contributed by atoms with E-state index in [2.05, 4.69) is 5.32 Å². The minimum atomic E-state index is -0.571. The Hall–Kier alpha value is -3.24. The van der Waals surface area contributed by atoms with E-state index in [1.165, 1.54) is 16.7 Å². The van der Waals surface area contributed by atoms with Gasteiger partial charge < -0.3 is 5.32 Å². The van der Waals surface area contributed by atoms with Crippen LogP contribution in [0.1, 0.15) is 23.6 Å². The number of benzene rings is 3. The van der Waals surface area contributed by atoms with Gasteiger partial charge in [0.1, 0.15) is 16.7 Å². The van der Waals surface area contributed by atoms with Gasteiger partial charge in [-0.15, -0.1) is 0 Å². The van der Waals surface area contributed by atoms with Crippen LogP contribution in [0.4, 0.5) is 11.4 Å². The molecule has 1 unspecified atom stereocenters. The highest BCUT2D eigenvalue weighted by atomic mass is 35.5. The molecule has 1 fully saturated rings. The number of hydrogen-bond acceptors (Lipinski definition) is 4. The third kappa shape index (κ3) is 5.76. The SMILES string of the molecule is CCc1ccc(N2C(=O)C(Cc3cc(Cl)cc(Cl)c3)S/C2=C(/C#N)C(=O)Nc2ccc(C)cc2)cc1. The van der Waals surface area contributed by atoms with Crippen LogP contribution in [0.15, 0.2) is 77.3 Å². The fourth-order valence-corrected chi connectivity index (χ4v) is 5.76. The van der Waals surface area contributed by atoms with Gasteiger partial charge in [0.15, 0.2) is 0 Å². The van der Waals surface area contributed by atoms with Crippen LogP contribution in [0.25, 0.3) is 0 Å². The quantitative estimate of drug-likeness (QED) is 0.274. The Bertz CT molecular complexity index is 1360. The first kappa shape index (κ1) is 25.8. The molecule has 1 saturated heterocycles. The fraction of sp³-hybridized carbons (Fsp3) is 0.179. The molecule has 8 heteroatoms. The second-order valence-corrected chi connectivity index (χ2v) is 10.5. The zero-order valence-electron chi connectivity index (χ0n) is 19.7. The first-order valence-electron chi connectivity index (χ1n) is 11.4. The molecule has 5 nitrogen and oxygen atoms in total. The van der Waals surface area contributed by atoms with Crippen molar-refractivity contribution in [1.82, 2.24) is 0 Å². The molecule has 1 aliphatic rings. The van der Waals surface area contributed by atoms with E-state index in [9.17, 15) is 14.9 Å². The highest BCUT2D eigenvalue weighted by Gasteiger charge is 2.41. The summed E-state index contributed by atoms with van der Waals surface area (Å²) < 4.78 is 0. The van der Waals surface area contributed by atoms with Gasteiger partial charge in [0.25, 0.3) is 5.91 Å². The molecule has 1 aliphatic heterocycles. The molecule has 182 valence electrons. The smallest absolute Gasteiger partial charge is 0.269 e. The average molecular weight is 536 g/mol. The lowest BCUT2D eigenvalue weighted by molar-refractivity contribution is -0.117. The minimum absolute atomic E-state index is 0.125. The van der Waals surface area contributed by atoms with Gasteiger partial charge >= 0.3 is 0 Å². The lowest BCUT2D eigenvalue weighted by Gasteiger charge is -2.19. The molecule has 1 N–H and O–H groups in total. The summed E-state index contributed by atoms with van der Waals surface area (Å²) in [6.45, 7) is 4.00. The lowest BCUT2D eigenvalue weighted by atomic mass is 10.1. The Morgan fingerprint density at radius 1 is 1.03 bits per heavy atom. The summed E-state index contributed by atoms with van der Waals surface area (Å²) >= 11 is 13.5. The van der Waals surface area contributed by atoms with Crippen LogP contribution in [0, 0.1) is 18.3 Å². The lowest BCUT2D eigenvalue weighted by Crippen LogP contribution is -2.31. The van der Waals surface area contributed by atoms with Gasteiger partial charge in [-0.05, 0) is 73.4 Å². The van der Waals surface area contributed by atoms with Crippen molar-refractivity contribution in [3.63, 3.8) is 0 Å². The normalized spacial score (nSPS) is 16.6. The monoisotopic (exact) mass is 535 g/mol. The van der Waals surface area contributed by atoms with E-state index in [0.717, 1.165) is 23.1 Å². The van der Waals surface area contributed by atoms with Crippen molar-refractivity contribution in [2.45, 2.75) is 31.9 Å². The molecule has 36 heavy (non-hydrogen) atoms. The van der Waals surface area contributed by atoms with Gasteiger partial charge in [-0.25, -0.2) is 0 Å². The van der Waals surface area contributed by atoms with Crippen LogP contribution >= 0.6 is 35.0 Å². The maximum absolute atomic E-state index is 13.6. The molecule has 0 aliphatic carbocycles. The number of anilines is 2. The standard InChI is InChI=1S/C28H23Cl2N3O2S/c1-3-18-6-10-23(11-7-18)33-27(35)25(14-19-12-20(29)15-21(30)13-19)36-28(33)24(16-31)26(34)32-22-8-4-17(2)5-9-22/h4-13,15,25H,3,14H2,1-2H3,(H,32,34)/b28-24-. The number of nitrogens with zero attached hydrogens (tertiary/aromatic N) is 2. The predicted molar refractivity (Wildman–Crippen MR) is 147 cm³/mol. The van der Waals surface area contributed by atoms with Crippen molar-refractivity contribution in [2.75, 3.05) is 10.2 Å². The van der Waals surface area contributed by atoms with E-state index >= 15 is 0 Å². The minimum Gasteiger partial charge on any atom is -0.321 e. The van der Waals surface area contributed by atoms with Gasteiger partial charge in [0.05, 0.1) is 5.25 Å². The molecular formula is C28H23Cl2N3O2S. The Labute approximate surface area is 224 Å². The van der Waals surface area contributed by atoms with Crippen LogP contribution in [-0.4, -0.2) is 17.1 Å². The van der Waals surface area contributed by atoms with Gasteiger partial charge in [-0.3, -0.25) is 14.5 Å². The van der Waals surface area contributed by atoms with E-state index in [4.69, 9.17) is 23.2 Å². The maximum Gasteiger partial charge on any atom is 0.269 e. The highest BCUT2D eigenvalue weighted by Crippen LogP contribution is 2.42. The topological polar surface area (TPSA) is 73.2 Å². The fourth-order valence-electron chi connectivity index (χ4n) is 3.88. The number of amides is 2. The first-order valence-corrected chi connectivity index (χ1v) is 13.0. The highest BCUT2D eigenvalue weighted by molar-refractivity contribution is 8.05. The Morgan fingerprint density at radius 2 is 1.67 bits per heavy atom. The summed E-state index contributed by atoms with van der Waals surface area (Å²) in [7, 11) is 0. The number of thioether (sulfide) groups is 1. The van der Waals surface area contributed by atoms with E-state index in [-0.39, 0.29) is 11.5 Å². The van der Waals surface area contributed by atoms with Crippen molar-refractivity contribution in [1.29, 1.82) is 5.26 Å². The van der Waals surface area contributed by atoms with E-state index < -0.39 is 11.2 Å². The number of rotatable bonds is 6. The summed E-state index contributed by atoms with van der Waals surface area (Å²) in [6.07, 6.45) is 1.20. The zero-order chi connectivity index (χ0) is 25.8. The molecule has 0 saturated carbocycles. The molecule has 1 atom stereocenters. The largest absolute Gasteiger partial charge is 0.321 e. The molecular weight excluding hydrogens is 513 g/mol. The average Bonchev–Trinajstić information content (AvgIpc) is 3.15. The van der Waals surface area contributed by atoms with Crippen molar-refractivity contribution >= 4 is 58.2 Å². The summed E-state index contributed by atoms with van der Waals surface area (Å²) in [5.74, 6) is -0.787. The van der Waals surface area contributed by atoms with E-state index in [1.807, 2.05) is 56.3 Å². The van der Waals surface area contributed by atoms with Gasteiger partial charge in [0, 0.05) is 21.4 Å². The zero-order valence-corrected chi connectivity index (χ0v) is 22.0. The van der Waals surface area contributed by atoms with Gasteiger partial charge in [0.2, 0.25) is 5.91 Å². The summed E-state index contributed by atoms with van der Waals surface area (Å²) in [5, 5.41) is 13.5. The van der Waals surface area contributed by atoms with Crippen molar-refractivity contribution in [3.8, 4) is 6.07 Å². The van der Waals surface area contributed by atoms with Crippen LogP contribution in [0.3, 0.4) is 0 Å².